The molecular formula is C12H18N2O3S. The molecule has 0 fully saturated rings. The Bertz CT molecular complexity index is 440. The van der Waals surface area contributed by atoms with E-state index < -0.39 is 12.0 Å². The zero-order valence-electron chi connectivity index (χ0n) is 10.9. The number of amides is 1. The van der Waals surface area contributed by atoms with Crippen LogP contribution in [0.1, 0.15) is 48.3 Å². The predicted octanol–water partition coefficient (Wildman–Crippen LogP) is 2.11. The minimum atomic E-state index is -1.02. The first kappa shape index (κ1) is 14.6. The lowest BCUT2D eigenvalue weighted by Crippen LogP contribution is -2.44. The van der Waals surface area contributed by atoms with Gasteiger partial charge in [0.25, 0.3) is 5.91 Å². The fraction of sp³-hybridized carbons (Fsp3) is 0.583. The molecule has 0 spiro atoms. The molecule has 18 heavy (non-hydrogen) atoms. The Morgan fingerprint density at radius 3 is 2.33 bits per heavy atom. The average Bonchev–Trinajstić information content (AvgIpc) is 2.73. The van der Waals surface area contributed by atoms with Gasteiger partial charge in [0.15, 0.2) is 0 Å². The third-order valence-electron chi connectivity index (χ3n) is 2.46. The van der Waals surface area contributed by atoms with Crippen LogP contribution in [0, 0.1) is 5.92 Å². The molecule has 1 amide bonds. The number of thiazole rings is 1. The van der Waals surface area contributed by atoms with E-state index in [9.17, 15) is 9.59 Å². The van der Waals surface area contributed by atoms with Crippen LogP contribution in [0.5, 0.6) is 0 Å². The van der Waals surface area contributed by atoms with Crippen molar-refractivity contribution in [2.24, 2.45) is 5.92 Å². The number of carboxylic acid groups (broad SMARTS) is 1. The summed E-state index contributed by atoms with van der Waals surface area (Å²) in [5.74, 6) is -1.30. The SMILES string of the molecule is CC(C)c1ncc(C(=O)NC(C(=O)O)C(C)C)s1. The molecular weight excluding hydrogens is 252 g/mol. The van der Waals surface area contributed by atoms with Crippen LogP contribution in [0.3, 0.4) is 0 Å². The molecule has 1 aromatic rings. The number of carbonyl (C=O) groups excluding carboxylic acids is 1. The molecule has 1 aromatic heterocycles. The Kier molecular flexibility index (Phi) is 4.84. The van der Waals surface area contributed by atoms with Gasteiger partial charge in [-0.25, -0.2) is 9.78 Å². The molecule has 1 rings (SSSR count). The van der Waals surface area contributed by atoms with Crippen LogP contribution < -0.4 is 5.32 Å². The van der Waals surface area contributed by atoms with Gasteiger partial charge in [-0.1, -0.05) is 27.7 Å². The molecule has 0 aliphatic carbocycles. The zero-order chi connectivity index (χ0) is 13.9. The Hall–Kier alpha value is -1.43. The quantitative estimate of drug-likeness (QED) is 0.858. The molecule has 1 heterocycles. The standard InChI is InChI=1S/C12H18N2O3S/c1-6(2)9(12(16)17)14-10(15)8-5-13-11(18-8)7(3)4/h5-7,9H,1-4H3,(H,14,15)(H,16,17). The number of aliphatic carboxylic acids is 1. The number of nitrogens with one attached hydrogen (secondary N) is 1. The van der Waals surface area contributed by atoms with Gasteiger partial charge in [-0.15, -0.1) is 11.3 Å². The summed E-state index contributed by atoms with van der Waals surface area (Å²) in [6, 6.07) is -0.873. The van der Waals surface area contributed by atoms with Gasteiger partial charge < -0.3 is 10.4 Å². The normalized spacial score (nSPS) is 12.8. The highest BCUT2D eigenvalue weighted by atomic mass is 32.1. The summed E-state index contributed by atoms with van der Waals surface area (Å²) < 4.78 is 0. The van der Waals surface area contributed by atoms with Crippen molar-refractivity contribution in [3.05, 3.63) is 16.1 Å². The fourth-order valence-corrected chi connectivity index (χ4v) is 2.21. The number of carbonyl (C=O) groups is 2. The lowest BCUT2D eigenvalue weighted by atomic mass is 10.0. The van der Waals surface area contributed by atoms with Crippen molar-refractivity contribution in [1.82, 2.24) is 10.3 Å². The van der Waals surface area contributed by atoms with Crippen molar-refractivity contribution in [2.75, 3.05) is 0 Å². The third-order valence-corrected chi connectivity index (χ3v) is 3.76. The first-order valence-electron chi connectivity index (χ1n) is 5.82. The summed E-state index contributed by atoms with van der Waals surface area (Å²) in [7, 11) is 0. The van der Waals surface area contributed by atoms with Gasteiger partial charge in [-0.3, -0.25) is 4.79 Å². The molecule has 100 valence electrons. The topological polar surface area (TPSA) is 79.3 Å². The minimum Gasteiger partial charge on any atom is -0.480 e. The maximum Gasteiger partial charge on any atom is 0.326 e. The van der Waals surface area contributed by atoms with E-state index in [1.54, 1.807) is 13.8 Å². The third kappa shape index (κ3) is 3.53. The van der Waals surface area contributed by atoms with Crippen molar-refractivity contribution >= 4 is 23.2 Å². The number of nitrogens with zero attached hydrogens (tertiary/aromatic N) is 1. The Morgan fingerprint density at radius 2 is 1.94 bits per heavy atom. The minimum absolute atomic E-state index is 0.163. The fourth-order valence-electron chi connectivity index (χ4n) is 1.39. The molecule has 0 aromatic carbocycles. The van der Waals surface area contributed by atoms with Gasteiger partial charge in [-0.2, -0.15) is 0 Å². The Morgan fingerprint density at radius 1 is 1.33 bits per heavy atom. The highest BCUT2D eigenvalue weighted by molar-refractivity contribution is 7.13. The van der Waals surface area contributed by atoms with Crippen LogP contribution in [0.25, 0.3) is 0 Å². The molecule has 1 atom stereocenters. The van der Waals surface area contributed by atoms with Crippen molar-refractivity contribution in [3.8, 4) is 0 Å². The highest BCUT2D eigenvalue weighted by Crippen LogP contribution is 2.21. The molecule has 0 saturated heterocycles. The maximum atomic E-state index is 11.9. The highest BCUT2D eigenvalue weighted by Gasteiger charge is 2.24. The summed E-state index contributed by atoms with van der Waals surface area (Å²) in [4.78, 5) is 27.5. The number of rotatable bonds is 5. The van der Waals surface area contributed by atoms with E-state index in [1.807, 2.05) is 13.8 Å². The van der Waals surface area contributed by atoms with Gasteiger partial charge in [0.05, 0.1) is 11.2 Å². The number of aromatic nitrogens is 1. The van der Waals surface area contributed by atoms with Crippen molar-refractivity contribution in [3.63, 3.8) is 0 Å². The number of hydrogen-bond donors (Lipinski definition) is 2. The van der Waals surface area contributed by atoms with Gasteiger partial charge in [0, 0.05) is 5.92 Å². The van der Waals surface area contributed by atoms with Crippen LogP contribution in [-0.2, 0) is 4.79 Å². The number of hydrogen-bond acceptors (Lipinski definition) is 4. The van der Waals surface area contributed by atoms with E-state index in [0.29, 0.717) is 4.88 Å². The molecule has 0 aliphatic rings. The van der Waals surface area contributed by atoms with E-state index in [-0.39, 0.29) is 17.7 Å². The number of carboxylic acids is 1. The molecule has 5 nitrogen and oxygen atoms in total. The van der Waals surface area contributed by atoms with Crippen LogP contribution in [0.15, 0.2) is 6.20 Å². The molecule has 2 N–H and O–H groups in total. The van der Waals surface area contributed by atoms with E-state index in [1.165, 1.54) is 17.5 Å². The van der Waals surface area contributed by atoms with Gasteiger partial charge >= 0.3 is 5.97 Å². The average molecular weight is 270 g/mol. The van der Waals surface area contributed by atoms with Gasteiger partial charge in [-0.05, 0) is 5.92 Å². The van der Waals surface area contributed by atoms with Crippen LogP contribution in [0.4, 0.5) is 0 Å². The molecule has 0 aliphatic heterocycles. The molecule has 0 bridgehead atoms. The maximum absolute atomic E-state index is 11.9. The zero-order valence-corrected chi connectivity index (χ0v) is 11.7. The van der Waals surface area contributed by atoms with Gasteiger partial charge in [0.1, 0.15) is 10.9 Å². The smallest absolute Gasteiger partial charge is 0.326 e. The Balaban J connectivity index is 2.77. The molecule has 0 radical (unpaired) electrons. The van der Waals surface area contributed by atoms with Crippen LogP contribution in [-0.4, -0.2) is 28.0 Å². The largest absolute Gasteiger partial charge is 0.480 e. The van der Waals surface area contributed by atoms with Crippen molar-refractivity contribution in [2.45, 2.75) is 39.7 Å². The molecule has 6 heteroatoms. The van der Waals surface area contributed by atoms with E-state index >= 15 is 0 Å². The summed E-state index contributed by atoms with van der Waals surface area (Å²) in [5.41, 5.74) is 0. The summed E-state index contributed by atoms with van der Waals surface area (Å²) >= 11 is 1.30. The second-order valence-electron chi connectivity index (χ2n) is 4.75. The van der Waals surface area contributed by atoms with E-state index in [0.717, 1.165) is 5.01 Å². The first-order chi connectivity index (χ1) is 8.32. The predicted molar refractivity (Wildman–Crippen MR) is 69.9 cm³/mol. The van der Waals surface area contributed by atoms with Crippen LogP contribution in [0.2, 0.25) is 0 Å². The van der Waals surface area contributed by atoms with Gasteiger partial charge in [0.2, 0.25) is 0 Å². The summed E-state index contributed by atoms with van der Waals surface area (Å²) in [5, 5.41) is 12.4. The summed E-state index contributed by atoms with van der Waals surface area (Å²) in [6.07, 6.45) is 1.49. The van der Waals surface area contributed by atoms with Crippen molar-refractivity contribution in [1.29, 1.82) is 0 Å². The lowest BCUT2D eigenvalue weighted by molar-refractivity contribution is -0.140. The monoisotopic (exact) mass is 270 g/mol. The van der Waals surface area contributed by atoms with E-state index in [4.69, 9.17) is 5.11 Å². The molecule has 1 unspecified atom stereocenters. The lowest BCUT2D eigenvalue weighted by Gasteiger charge is -2.17. The Labute approximate surface area is 110 Å². The first-order valence-corrected chi connectivity index (χ1v) is 6.64. The van der Waals surface area contributed by atoms with Crippen LogP contribution >= 0.6 is 11.3 Å². The van der Waals surface area contributed by atoms with E-state index in [2.05, 4.69) is 10.3 Å². The second kappa shape index (κ2) is 5.95. The van der Waals surface area contributed by atoms with Crippen molar-refractivity contribution < 1.29 is 14.7 Å². The second-order valence-corrected chi connectivity index (χ2v) is 5.81. The summed E-state index contributed by atoms with van der Waals surface area (Å²) in [6.45, 7) is 7.50. The molecule has 0 saturated carbocycles.